The molecule has 1 unspecified atom stereocenters. The van der Waals surface area contributed by atoms with Crippen molar-refractivity contribution < 1.29 is 17.9 Å². The summed E-state index contributed by atoms with van der Waals surface area (Å²) in [5, 5.41) is 6.16. The van der Waals surface area contributed by atoms with Gasteiger partial charge in [-0.05, 0) is 37.1 Å². The smallest absolute Gasteiger partial charge is 0.251 e. The summed E-state index contributed by atoms with van der Waals surface area (Å²) in [5.74, 6) is -0.227. The van der Waals surface area contributed by atoms with E-state index >= 15 is 0 Å². The molecular weight excluding hydrogens is 342 g/mol. The van der Waals surface area contributed by atoms with Gasteiger partial charge in [0.15, 0.2) is 0 Å². The molecule has 2 fully saturated rings. The maximum absolute atomic E-state index is 13.0. The highest BCUT2D eigenvalue weighted by molar-refractivity contribution is 7.89. The van der Waals surface area contributed by atoms with Gasteiger partial charge in [0.05, 0.1) is 18.1 Å². The Morgan fingerprint density at radius 3 is 2.76 bits per heavy atom. The highest BCUT2D eigenvalue weighted by Gasteiger charge is 2.29. The topological polar surface area (TPSA) is 87.7 Å². The van der Waals surface area contributed by atoms with Crippen LogP contribution in [0.4, 0.5) is 0 Å². The lowest BCUT2D eigenvalue weighted by atomic mass is 10.1. The number of morpholine rings is 1. The predicted octanol–water partition coefficient (Wildman–Crippen LogP) is 0.362. The van der Waals surface area contributed by atoms with Crippen molar-refractivity contribution in [2.75, 3.05) is 39.4 Å². The fourth-order valence-electron chi connectivity index (χ4n) is 3.20. The molecular formula is C17H25N3O4S. The van der Waals surface area contributed by atoms with Crippen LogP contribution < -0.4 is 10.6 Å². The van der Waals surface area contributed by atoms with Crippen LogP contribution in [0.1, 0.15) is 29.3 Å². The average molecular weight is 367 g/mol. The minimum Gasteiger partial charge on any atom is -0.379 e. The molecule has 2 heterocycles. The first kappa shape index (κ1) is 18.3. The Bertz CT molecular complexity index is 723. The van der Waals surface area contributed by atoms with E-state index in [1.165, 1.54) is 10.4 Å². The average Bonchev–Trinajstić information content (AvgIpc) is 3.15. The molecule has 0 bridgehead atoms. The van der Waals surface area contributed by atoms with Crippen LogP contribution in [-0.2, 0) is 21.2 Å². The van der Waals surface area contributed by atoms with Gasteiger partial charge < -0.3 is 15.4 Å². The number of amides is 1. The third-order valence-corrected chi connectivity index (χ3v) is 6.67. The monoisotopic (exact) mass is 367 g/mol. The number of nitrogens with one attached hydrogen (secondary N) is 2. The van der Waals surface area contributed by atoms with E-state index in [0.717, 1.165) is 25.1 Å². The molecule has 25 heavy (non-hydrogen) atoms. The van der Waals surface area contributed by atoms with Gasteiger partial charge in [-0.3, -0.25) is 4.79 Å². The number of ether oxygens (including phenoxy) is 1. The lowest BCUT2D eigenvalue weighted by Gasteiger charge is -2.27. The number of carbonyl (C=O) groups excluding carboxylic acids is 1. The van der Waals surface area contributed by atoms with Gasteiger partial charge in [0.2, 0.25) is 10.0 Å². The van der Waals surface area contributed by atoms with E-state index in [1.54, 1.807) is 12.1 Å². The Hall–Kier alpha value is -1.48. The molecule has 3 rings (SSSR count). The van der Waals surface area contributed by atoms with E-state index < -0.39 is 10.0 Å². The minimum absolute atomic E-state index is 0.0950. The zero-order valence-electron chi connectivity index (χ0n) is 14.5. The Kier molecular flexibility index (Phi) is 5.73. The molecule has 2 aliphatic heterocycles. The van der Waals surface area contributed by atoms with Crippen molar-refractivity contribution in [1.29, 1.82) is 0 Å². The maximum Gasteiger partial charge on any atom is 0.251 e. The first-order valence-electron chi connectivity index (χ1n) is 8.74. The second-order valence-corrected chi connectivity index (χ2v) is 8.26. The van der Waals surface area contributed by atoms with Crippen LogP contribution in [0.15, 0.2) is 23.1 Å². The predicted molar refractivity (Wildman–Crippen MR) is 94.1 cm³/mol. The molecule has 0 spiro atoms. The SMILES string of the molecule is CCc1ccc(C(=O)NC2CCNC2)cc1S(=O)(=O)N1CCOCC1. The van der Waals surface area contributed by atoms with Crippen molar-refractivity contribution in [3.8, 4) is 0 Å². The molecule has 2 saturated heterocycles. The fourth-order valence-corrected chi connectivity index (χ4v) is 4.93. The number of nitrogens with zero attached hydrogens (tertiary/aromatic N) is 1. The molecule has 0 aromatic heterocycles. The summed E-state index contributed by atoms with van der Waals surface area (Å²) in [5.41, 5.74) is 1.11. The number of hydrogen-bond acceptors (Lipinski definition) is 5. The van der Waals surface area contributed by atoms with E-state index in [4.69, 9.17) is 4.74 Å². The van der Waals surface area contributed by atoms with E-state index in [2.05, 4.69) is 10.6 Å². The summed E-state index contributed by atoms with van der Waals surface area (Å²) in [6.07, 6.45) is 1.48. The Morgan fingerprint density at radius 2 is 2.12 bits per heavy atom. The van der Waals surface area contributed by atoms with Crippen LogP contribution in [0.2, 0.25) is 0 Å². The number of benzene rings is 1. The third kappa shape index (κ3) is 4.03. The molecule has 1 atom stereocenters. The van der Waals surface area contributed by atoms with Crippen LogP contribution in [0.25, 0.3) is 0 Å². The second-order valence-electron chi connectivity index (χ2n) is 6.36. The fraction of sp³-hybridized carbons (Fsp3) is 0.588. The van der Waals surface area contributed by atoms with Gasteiger partial charge >= 0.3 is 0 Å². The lowest BCUT2D eigenvalue weighted by Crippen LogP contribution is -2.41. The van der Waals surface area contributed by atoms with Gasteiger partial charge in [0.1, 0.15) is 0 Å². The second kappa shape index (κ2) is 7.82. The normalized spacial score (nSPS) is 22.0. The van der Waals surface area contributed by atoms with Crippen molar-refractivity contribution in [2.24, 2.45) is 0 Å². The molecule has 1 aromatic carbocycles. The number of hydrogen-bond donors (Lipinski definition) is 2. The van der Waals surface area contributed by atoms with Crippen molar-refractivity contribution >= 4 is 15.9 Å². The molecule has 1 aromatic rings. The van der Waals surface area contributed by atoms with E-state index in [1.807, 2.05) is 6.92 Å². The molecule has 138 valence electrons. The molecule has 8 heteroatoms. The molecule has 7 nitrogen and oxygen atoms in total. The number of rotatable bonds is 5. The summed E-state index contributed by atoms with van der Waals surface area (Å²) in [6, 6.07) is 5.06. The maximum atomic E-state index is 13.0. The van der Waals surface area contributed by atoms with Crippen LogP contribution in [0.3, 0.4) is 0 Å². The zero-order chi connectivity index (χ0) is 17.9. The highest BCUT2D eigenvalue weighted by atomic mass is 32.2. The number of sulfonamides is 1. The standard InChI is InChI=1S/C17H25N3O4S/c1-2-13-3-4-14(17(21)19-15-5-6-18-12-15)11-16(13)25(22,23)20-7-9-24-10-8-20/h3-4,11,15,18H,2,5-10,12H2,1H3,(H,19,21). The zero-order valence-corrected chi connectivity index (χ0v) is 15.3. The Morgan fingerprint density at radius 1 is 1.36 bits per heavy atom. The quantitative estimate of drug-likeness (QED) is 0.785. The molecule has 2 aliphatic rings. The molecule has 0 radical (unpaired) electrons. The van der Waals surface area contributed by atoms with Gasteiger partial charge in [-0.15, -0.1) is 0 Å². The third-order valence-electron chi connectivity index (χ3n) is 4.69. The first-order valence-corrected chi connectivity index (χ1v) is 10.2. The molecule has 0 saturated carbocycles. The Balaban J connectivity index is 1.87. The van der Waals surface area contributed by atoms with Gasteiger partial charge in [-0.25, -0.2) is 8.42 Å². The summed E-state index contributed by atoms with van der Waals surface area (Å²) in [4.78, 5) is 12.7. The van der Waals surface area contributed by atoms with Crippen molar-refractivity contribution in [3.05, 3.63) is 29.3 Å². The van der Waals surface area contributed by atoms with Gasteiger partial charge in [-0.1, -0.05) is 13.0 Å². The lowest BCUT2D eigenvalue weighted by molar-refractivity contribution is 0.0730. The first-order chi connectivity index (χ1) is 12.0. The van der Waals surface area contributed by atoms with Crippen LogP contribution >= 0.6 is 0 Å². The van der Waals surface area contributed by atoms with Crippen molar-refractivity contribution in [1.82, 2.24) is 14.9 Å². The van der Waals surface area contributed by atoms with E-state index in [-0.39, 0.29) is 16.8 Å². The molecule has 0 aliphatic carbocycles. The summed E-state index contributed by atoms with van der Waals surface area (Å²) in [7, 11) is -3.63. The summed E-state index contributed by atoms with van der Waals surface area (Å²) >= 11 is 0. The molecule has 1 amide bonds. The minimum atomic E-state index is -3.63. The van der Waals surface area contributed by atoms with Crippen LogP contribution in [0.5, 0.6) is 0 Å². The molecule has 2 N–H and O–H groups in total. The van der Waals surface area contributed by atoms with Crippen molar-refractivity contribution in [2.45, 2.75) is 30.7 Å². The van der Waals surface area contributed by atoms with Gasteiger partial charge in [0, 0.05) is 31.2 Å². The summed E-state index contributed by atoms with van der Waals surface area (Å²) < 4.78 is 32.7. The van der Waals surface area contributed by atoms with E-state index in [0.29, 0.717) is 38.3 Å². The van der Waals surface area contributed by atoms with Crippen LogP contribution in [-0.4, -0.2) is 64.1 Å². The highest BCUT2D eigenvalue weighted by Crippen LogP contribution is 2.23. The van der Waals surface area contributed by atoms with Crippen LogP contribution in [0, 0.1) is 0 Å². The van der Waals surface area contributed by atoms with Gasteiger partial charge in [0.25, 0.3) is 5.91 Å². The number of carbonyl (C=O) groups is 1. The largest absolute Gasteiger partial charge is 0.379 e. The van der Waals surface area contributed by atoms with Crippen molar-refractivity contribution in [3.63, 3.8) is 0 Å². The summed E-state index contributed by atoms with van der Waals surface area (Å²) in [6.45, 7) is 5.03. The van der Waals surface area contributed by atoms with Gasteiger partial charge in [-0.2, -0.15) is 4.31 Å². The number of aryl methyl sites for hydroxylation is 1. The Labute approximate surface area is 148 Å². The van der Waals surface area contributed by atoms with E-state index in [9.17, 15) is 13.2 Å².